The van der Waals surface area contributed by atoms with Crippen LogP contribution in [0.1, 0.15) is 33.9 Å². The Labute approximate surface area is 217 Å². The minimum Gasteiger partial charge on any atom is -0.497 e. The summed E-state index contributed by atoms with van der Waals surface area (Å²) in [5.74, 6) is -1.27. The number of rotatable bonds is 10. The van der Waals surface area contributed by atoms with Crippen LogP contribution in [0.4, 0.5) is 0 Å². The van der Waals surface area contributed by atoms with Gasteiger partial charge in [-0.15, -0.1) is 0 Å². The lowest BCUT2D eigenvalue weighted by Crippen LogP contribution is -3.14. The quantitative estimate of drug-likeness (QED) is 0.292. The minimum absolute atomic E-state index is 0.353. The monoisotopic (exact) mass is 511 g/mol. The first-order valence-electron chi connectivity index (χ1n) is 12.6. The smallest absolute Gasteiger partial charge is 0.291 e. The zero-order chi connectivity index (χ0) is 26.5. The molecule has 1 N–H and O–H groups in total. The van der Waals surface area contributed by atoms with Crippen molar-refractivity contribution in [2.45, 2.75) is 19.4 Å². The van der Waals surface area contributed by atoms with E-state index in [0.717, 1.165) is 38.4 Å². The number of benzene rings is 2. The Bertz CT molecular complexity index is 1160. The average molecular weight is 512 g/mol. The van der Waals surface area contributed by atoms with Crippen molar-refractivity contribution >= 4 is 17.5 Å². The highest BCUT2D eigenvalue weighted by molar-refractivity contribution is 6.44. The number of Topliss-reactive ketones (excluding diaryl/α,β-unsaturated/α-hetero) is 2. The van der Waals surface area contributed by atoms with Crippen LogP contribution in [0.15, 0.2) is 36.4 Å². The highest BCUT2D eigenvalue weighted by atomic mass is 16.5. The van der Waals surface area contributed by atoms with Gasteiger partial charge in [0.2, 0.25) is 5.78 Å². The van der Waals surface area contributed by atoms with Gasteiger partial charge in [-0.3, -0.25) is 14.4 Å². The first-order chi connectivity index (χ1) is 17.9. The van der Waals surface area contributed by atoms with Gasteiger partial charge >= 0.3 is 0 Å². The van der Waals surface area contributed by atoms with E-state index in [2.05, 4.69) is 0 Å². The highest BCUT2D eigenvalue weighted by Gasteiger charge is 2.52. The van der Waals surface area contributed by atoms with Crippen LogP contribution >= 0.6 is 0 Å². The number of aryl methyl sites for hydroxylation is 1. The van der Waals surface area contributed by atoms with Crippen molar-refractivity contribution in [3.63, 3.8) is 0 Å². The Morgan fingerprint density at radius 3 is 2.35 bits per heavy atom. The number of carbonyl (C=O) groups is 3. The Morgan fingerprint density at radius 2 is 1.70 bits per heavy atom. The molecular formula is C28H35N2O7+. The number of nitrogens with one attached hydrogen (secondary N) is 1. The molecule has 0 spiro atoms. The van der Waals surface area contributed by atoms with Gasteiger partial charge in [0.05, 0.1) is 47.1 Å². The molecule has 2 aliphatic heterocycles. The van der Waals surface area contributed by atoms with E-state index in [9.17, 15) is 14.4 Å². The van der Waals surface area contributed by atoms with Gasteiger partial charge < -0.3 is 28.7 Å². The first-order valence-corrected chi connectivity index (χ1v) is 12.6. The number of nitrogens with zero attached hydrogens (tertiary/aromatic N) is 1. The highest BCUT2D eigenvalue weighted by Crippen LogP contribution is 2.43. The van der Waals surface area contributed by atoms with Gasteiger partial charge in [-0.05, 0) is 48.9 Å². The molecule has 2 unspecified atom stereocenters. The Balaban J connectivity index is 1.70. The van der Waals surface area contributed by atoms with Crippen molar-refractivity contribution in [3.8, 4) is 17.2 Å². The molecule has 9 heteroatoms. The largest absolute Gasteiger partial charge is 0.497 e. The summed E-state index contributed by atoms with van der Waals surface area (Å²) < 4.78 is 21.8. The van der Waals surface area contributed by atoms with Gasteiger partial charge in [-0.25, -0.2) is 0 Å². The van der Waals surface area contributed by atoms with Crippen LogP contribution in [0.5, 0.6) is 17.2 Å². The number of ether oxygens (including phenoxy) is 4. The summed E-state index contributed by atoms with van der Waals surface area (Å²) in [7, 11) is 4.63. The summed E-state index contributed by atoms with van der Waals surface area (Å²) in [6.45, 7) is 6.30. The van der Waals surface area contributed by atoms with E-state index >= 15 is 0 Å². The number of hydrogen-bond donors (Lipinski definition) is 1. The molecule has 198 valence electrons. The van der Waals surface area contributed by atoms with Crippen LogP contribution in [-0.4, -0.2) is 83.1 Å². The Hall–Kier alpha value is -3.43. The summed E-state index contributed by atoms with van der Waals surface area (Å²) in [5, 5.41) is 0. The predicted molar refractivity (Wildman–Crippen MR) is 136 cm³/mol. The maximum absolute atomic E-state index is 13.8. The number of ketones is 2. The number of amides is 1. The third-order valence-electron chi connectivity index (χ3n) is 7.25. The van der Waals surface area contributed by atoms with E-state index in [4.69, 9.17) is 18.9 Å². The first kappa shape index (κ1) is 26.6. The van der Waals surface area contributed by atoms with Crippen molar-refractivity contribution in [1.82, 2.24) is 4.90 Å². The van der Waals surface area contributed by atoms with E-state index in [1.54, 1.807) is 55.5 Å². The van der Waals surface area contributed by atoms with E-state index in [0.29, 0.717) is 41.3 Å². The van der Waals surface area contributed by atoms with Crippen molar-refractivity contribution in [2.24, 2.45) is 5.92 Å². The second-order valence-corrected chi connectivity index (χ2v) is 9.41. The van der Waals surface area contributed by atoms with Crippen LogP contribution in [0.2, 0.25) is 0 Å². The zero-order valence-electron chi connectivity index (χ0n) is 21.9. The third kappa shape index (κ3) is 5.47. The molecule has 2 saturated heterocycles. The molecule has 0 saturated carbocycles. The standard InChI is InChI=1S/C28H34N2O7/c1-18-16-19(6-8-22(18)35-3)26(31)24-25(21-17-20(34-2)7-9-23(21)36-4)30(28(33)27(24)32)11-5-10-29-12-14-37-15-13-29/h6-9,16-17,24-25H,5,10-15H2,1-4H3/p+1. The molecule has 2 atom stereocenters. The number of carbonyl (C=O) groups excluding carboxylic acids is 3. The van der Waals surface area contributed by atoms with Gasteiger partial charge in [-0.2, -0.15) is 0 Å². The number of hydrogen-bond acceptors (Lipinski definition) is 7. The van der Waals surface area contributed by atoms with E-state index < -0.39 is 29.4 Å². The molecule has 2 aliphatic rings. The molecule has 0 aliphatic carbocycles. The summed E-state index contributed by atoms with van der Waals surface area (Å²) in [4.78, 5) is 43.5. The molecule has 9 nitrogen and oxygen atoms in total. The molecule has 0 bridgehead atoms. The summed E-state index contributed by atoms with van der Waals surface area (Å²) in [6.07, 6.45) is 0.694. The van der Waals surface area contributed by atoms with Gasteiger partial charge in [0.25, 0.3) is 5.91 Å². The molecular weight excluding hydrogens is 476 g/mol. The van der Waals surface area contributed by atoms with Gasteiger partial charge in [-0.1, -0.05) is 0 Å². The van der Waals surface area contributed by atoms with Gasteiger partial charge in [0, 0.05) is 24.1 Å². The van der Waals surface area contributed by atoms with E-state index in [1.165, 1.54) is 12.0 Å². The minimum atomic E-state index is -1.20. The second-order valence-electron chi connectivity index (χ2n) is 9.41. The van der Waals surface area contributed by atoms with Crippen molar-refractivity contribution in [1.29, 1.82) is 0 Å². The maximum Gasteiger partial charge on any atom is 0.291 e. The summed E-state index contributed by atoms with van der Waals surface area (Å²) >= 11 is 0. The number of morpholine rings is 1. The molecule has 2 aromatic rings. The molecule has 37 heavy (non-hydrogen) atoms. The Kier molecular flexibility index (Phi) is 8.45. The van der Waals surface area contributed by atoms with Crippen LogP contribution < -0.4 is 19.1 Å². The number of methoxy groups -OCH3 is 3. The lowest BCUT2D eigenvalue weighted by molar-refractivity contribution is -0.908. The molecule has 2 heterocycles. The van der Waals surface area contributed by atoms with Gasteiger partial charge in [0.15, 0.2) is 5.78 Å². The fraction of sp³-hybridized carbons (Fsp3) is 0.464. The normalized spacial score (nSPS) is 20.3. The molecule has 0 aromatic heterocycles. The fourth-order valence-corrected chi connectivity index (χ4v) is 5.27. The third-order valence-corrected chi connectivity index (χ3v) is 7.25. The number of likely N-dealkylation sites (tertiary alicyclic amines) is 1. The lowest BCUT2D eigenvalue weighted by atomic mass is 9.85. The average Bonchev–Trinajstić information content (AvgIpc) is 3.17. The van der Waals surface area contributed by atoms with Crippen LogP contribution in [-0.2, 0) is 14.3 Å². The van der Waals surface area contributed by atoms with Crippen LogP contribution in [0.3, 0.4) is 0 Å². The summed E-state index contributed by atoms with van der Waals surface area (Å²) in [5.41, 5.74) is 1.70. The molecule has 2 aromatic carbocycles. The molecule has 4 rings (SSSR count). The Morgan fingerprint density at radius 1 is 1.00 bits per heavy atom. The van der Waals surface area contributed by atoms with Crippen molar-refractivity contribution in [2.75, 3.05) is 60.7 Å². The lowest BCUT2D eigenvalue weighted by Gasteiger charge is -2.30. The fourth-order valence-electron chi connectivity index (χ4n) is 5.27. The predicted octanol–water partition coefficient (Wildman–Crippen LogP) is 1.28. The SMILES string of the molecule is COc1ccc(OC)c(C2C(C(=O)c3ccc(OC)c(C)c3)C(=O)C(=O)N2CCC[NH+]2CCOCC2)c1. The molecule has 0 radical (unpaired) electrons. The van der Waals surface area contributed by atoms with Crippen molar-refractivity contribution < 1.29 is 38.2 Å². The topological polar surface area (TPSA) is 95.8 Å². The van der Waals surface area contributed by atoms with Crippen LogP contribution in [0.25, 0.3) is 0 Å². The van der Waals surface area contributed by atoms with Gasteiger partial charge in [0.1, 0.15) is 36.3 Å². The second kappa shape index (κ2) is 11.7. The zero-order valence-corrected chi connectivity index (χ0v) is 21.9. The molecule has 2 fully saturated rings. The maximum atomic E-state index is 13.8. The summed E-state index contributed by atoms with van der Waals surface area (Å²) in [6, 6.07) is 9.45. The van der Waals surface area contributed by atoms with E-state index in [-0.39, 0.29) is 0 Å². The number of quaternary nitrogens is 1. The van der Waals surface area contributed by atoms with E-state index in [1.807, 2.05) is 6.92 Å². The molecule has 1 amide bonds. The van der Waals surface area contributed by atoms with Crippen molar-refractivity contribution in [3.05, 3.63) is 53.1 Å². The van der Waals surface area contributed by atoms with Crippen LogP contribution in [0, 0.1) is 12.8 Å².